The van der Waals surface area contributed by atoms with Crippen LogP contribution in [0.25, 0.3) is 0 Å². The van der Waals surface area contributed by atoms with Crippen molar-refractivity contribution in [1.29, 1.82) is 0 Å². The average Bonchev–Trinajstić information content (AvgIpc) is 2.06. The van der Waals surface area contributed by atoms with Gasteiger partial charge in [-0.2, -0.15) is 8.57 Å². The Kier molecular flexibility index (Phi) is 7.80. The Hall–Kier alpha value is 0.920. The summed E-state index contributed by atoms with van der Waals surface area (Å²) in [5, 5.41) is 0. The topological polar surface area (TPSA) is 153 Å². The monoisotopic (exact) mass is 308 g/mol. The number of nitrogens with one attached hydrogen (secondary N) is 1. The molecule has 0 aliphatic rings. The molecule has 16 heavy (non-hydrogen) atoms. The molecule has 0 unspecified atom stereocenters. The summed E-state index contributed by atoms with van der Waals surface area (Å²) < 4.78 is 26.0. The lowest BCUT2D eigenvalue weighted by molar-refractivity contribution is 0.529. The molecule has 98 valence electrons. The number of nitrogens with zero attached hydrogens (tertiary/aromatic N) is 1. The molecule has 8 nitrogen and oxygen atoms in total. The molecule has 9 N–H and O–H groups in total. The predicted octanol–water partition coefficient (Wildman–Crippen LogP) is 0.941. The molecule has 0 rings (SSSR count). The predicted molar refractivity (Wildman–Crippen MR) is 71.9 cm³/mol. The third-order valence-corrected chi connectivity index (χ3v) is 6.90. The van der Waals surface area contributed by atoms with E-state index in [1.54, 1.807) is 0 Å². The van der Waals surface area contributed by atoms with Crippen LogP contribution < -0.4 is 26.5 Å². The highest BCUT2D eigenvalue weighted by Crippen LogP contribution is 2.44. The SMILES string of the molecule is CCCCN(SSNP(N)(N)=O)P(N)(N)=O. The highest BCUT2D eigenvalue weighted by molar-refractivity contribution is 8.76. The molecule has 0 amide bonds. The van der Waals surface area contributed by atoms with Crippen LogP contribution in [0.2, 0.25) is 0 Å². The third kappa shape index (κ3) is 9.00. The van der Waals surface area contributed by atoms with E-state index >= 15 is 0 Å². The van der Waals surface area contributed by atoms with Gasteiger partial charge in [0.2, 0.25) is 0 Å². The molecule has 0 atom stereocenters. The summed E-state index contributed by atoms with van der Waals surface area (Å²) in [6.45, 7) is 2.46. The number of unbranched alkanes of at least 4 members (excludes halogenated alkanes) is 1. The molecule has 0 aromatic rings. The van der Waals surface area contributed by atoms with Crippen molar-refractivity contribution in [3.63, 3.8) is 0 Å². The minimum atomic E-state index is -3.32. The molecule has 0 aromatic carbocycles. The Labute approximate surface area is 103 Å². The zero-order valence-electron chi connectivity index (χ0n) is 8.91. The van der Waals surface area contributed by atoms with Gasteiger partial charge in [0.25, 0.3) is 15.2 Å². The van der Waals surface area contributed by atoms with Crippen LogP contribution in [0.4, 0.5) is 0 Å². The molecule has 0 radical (unpaired) electrons. The molecule has 0 bridgehead atoms. The van der Waals surface area contributed by atoms with Gasteiger partial charge in [0.05, 0.1) is 0 Å². The molecule has 12 heteroatoms. The normalized spacial score (nSPS) is 13.4. The average molecular weight is 308 g/mol. The summed E-state index contributed by atoms with van der Waals surface area (Å²) in [6.07, 6.45) is 1.72. The fourth-order valence-corrected chi connectivity index (χ4v) is 5.48. The van der Waals surface area contributed by atoms with E-state index in [-0.39, 0.29) is 0 Å². The minimum absolute atomic E-state index is 0.472. The number of nitrogens with two attached hydrogens (primary N) is 4. The molecule has 0 heterocycles. The van der Waals surface area contributed by atoms with Crippen LogP contribution in [0.3, 0.4) is 0 Å². The summed E-state index contributed by atoms with van der Waals surface area (Å²) in [6, 6.07) is 0. The van der Waals surface area contributed by atoms with Crippen molar-refractivity contribution >= 4 is 37.1 Å². The largest absolute Gasteiger partial charge is 0.286 e. The Balaban J connectivity index is 4.13. The number of hydrogen-bond acceptors (Lipinski definition) is 4. The van der Waals surface area contributed by atoms with E-state index < -0.39 is 15.2 Å². The second-order valence-corrected chi connectivity index (χ2v) is 9.01. The van der Waals surface area contributed by atoms with E-state index in [0.29, 0.717) is 6.54 Å². The first kappa shape index (κ1) is 16.9. The van der Waals surface area contributed by atoms with Crippen molar-refractivity contribution in [3.05, 3.63) is 0 Å². The van der Waals surface area contributed by atoms with E-state index in [0.717, 1.165) is 34.8 Å². The maximum absolute atomic E-state index is 11.5. The minimum Gasteiger partial charge on any atom is -0.271 e. The fraction of sp³-hybridized carbons (Fsp3) is 1.00. The molecule has 0 spiro atoms. The Morgan fingerprint density at radius 2 is 1.81 bits per heavy atom. The smallest absolute Gasteiger partial charge is 0.271 e. The van der Waals surface area contributed by atoms with Crippen LogP contribution in [0.5, 0.6) is 0 Å². The lowest BCUT2D eigenvalue weighted by Crippen LogP contribution is -2.24. The van der Waals surface area contributed by atoms with E-state index in [4.69, 9.17) is 22.0 Å². The van der Waals surface area contributed by atoms with Crippen molar-refractivity contribution in [3.8, 4) is 0 Å². The van der Waals surface area contributed by atoms with Gasteiger partial charge in [0.15, 0.2) is 0 Å². The van der Waals surface area contributed by atoms with Crippen molar-refractivity contribution in [2.24, 2.45) is 22.0 Å². The van der Waals surface area contributed by atoms with Gasteiger partial charge in [0.1, 0.15) is 0 Å². The summed E-state index contributed by atoms with van der Waals surface area (Å²) in [7, 11) is -4.75. The van der Waals surface area contributed by atoms with Gasteiger partial charge in [-0.15, -0.1) is 0 Å². The van der Waals surface area contributed by atoms with Gasteiger partial charge in [-0.3, -0.25) is 31.1 Å². The molecular weight excluding hydrogens is 290 g/mol. The number of rotatable bonds is 8. The zero-order valence-corrected chi connectivity index (χ0v) is 12.3. The van der Waals surface area contributed by atoms with Crippen LogP contribution in [0.15, 0.2) is 0 Å². The van der Waals surface area contributed by atoms with E-state index in [2.05, 4.69) is 4.49 Å². The standard InChI is InChI=1S/C4H18N6O2P2S2/c1-2-3-4-10(14(7,8)12)16-15-9-13(5,6)11/h2-4H2,1H3,(H4,7,8,12)(H5,5,6,9,11). The van der Waals surface area contributed by atoms with Crippen molar-refractivity contribution in [2.75, 3.05) is 6.54 Å². The van der Waals surface area contributed by atoms with Crippen LogP contribution in [0, 0.1) is 0 Å². The second-order valence-electron chi connectivity index (χ2n) is 3.06. The van der Waals surface area contributed by atoms with Crippen molar-refractivity contribution < 1.29 is 9.13 Å². The summed E-state index contributed by atoms with van der Waals surface area (Å²) in [5.74, 6) is 0. The van der Waals surface area contributed by atoms with Gasteiger partial charge in [0, 0.05) is 28.5 Å². The Morgan fingerprint density at radius 3 is 2.19 bits per heavy atom. The summed E-state index contributed by atoms with van der Waals surface area (Å²) >= 11 is 0. The second kappa shape index (κ2) is 7.38. The van der Waals surface area contributed by atoms with Crippen LogP contribution in [-0.4, -0.2) is 10.6 Å². The first-order chi connectivity index (χ1) is 7.17. The molecule has 0 aliphatic carbocycles. The van der Waals surface area contributed by atoms with E-state index in [9.17, 15) is 9.13 Å². The first-order valence-electron chi connectivity index (χ1n) is 4.40. The number of hydrogen-bond donors (Lipinski definition) is 5. The van der Waals surface area contributed by atoms with Crippen molar-refractivity contribution in [2.45, 2.75) is 19.8 Å². The van der Waals surface area contributed by atoms with Gasteiger partial charge in [-0.1, -0.05) is 13.3 Å². The van der Waals surface area contributed by atoms with E-state index in [1.165, 1.54) is 4.08 Å². The Bertz CT molecular complexity index is 292. The van der Waals surface area contributed by atoms with Crippen LogP contribution in [0.1, 0.15) is 19.8 Å². The highest BCUT2D eigenvalue weighted by atomic mass is 33.1. The third-order valence-electron chi connectivity index (χ3n) is 1.35. The molecule has 0 aliphatic heterocycles. The van der Waals surface area contributed by atoms with Gasteiger partial charge in [-0.05, 0) is 6.42 Å². The highest BCUT2D eigenvalue weighted by Gasteiger charge is 2.22. The van der Waals surface area contributed by atoms with Gasteiger partial charge in [-0.25, -0.2) is 0 Å². The lowest BCUT2D eigenvalue weighted by atomic mass is 10.3. The van der Waals surface area contributed by atoms with E-state index in [1.807, 2.05) is 6.92 Å². The van der Waals surface area contributed by atoms with Crippen LogP contribution in [-0.2, 0) is 9.13 Å². The zero-order chi connectivity index (χ0) is 12.8. The fourth-order valence-electron chi connectivity index (χ4n) is 0.657. The maximum atomic E-state index is 11.5. The van der Waals surface area contributed by atoms with Crippen molar-refractivity contribution in [1.82, 2.24) is 8.57 Å². The van der Waals surface area contributed by atoms with Gasteiger partial charge >= 0.3 is 0 Å². The molecule has 0 saturated carbocycles. The van der Waals surface area contributed by atoms with Crippen LogP contribution >= 0.6 is 37.1 Å². The first-order valence-corrected chi connectivity index (χ1v) is 10.1. The quantitative estimate of drug-likeness (QED) is 0.248. The summed E-state index contributed by atoms with van der Waals surface area (Å²) in [4.78, 5) is 0. The molecule has 0 fully saturated rings. The summed E-state index contributed by atoms with van der Waals surface area (Å²) in [5.41, 5.74) is 20.8. The molecule has 0 saturated heterocycles. The molecular formula is C4H18N6O2P2S2. The Morgan fingerprint density at radius 1 is 1.25 bits per heavy atom. The lowest BCUT2D eigenvalue weighted by Gasteiger charge is -2.23. The maximum Gasteiger partial charge on any atom is 0.286 e. The molecule has 0 aromatic heterocycles. The van der Waals surface area contributed by atoms with Gasteiger partial charge < -0.3 is 0 Å².